The first-order chi connectivity index (χ1) is 10.5. The Hall–Kier alpha value is -1.85. The van der Waals surface area contributed by atoms with Gasteiger partial charge in [-0.15, -0.1) is 0 Å². The smallest absolute Gasteiger partial charge is 0.307 e. The molecule has 0 saturated heterocycles. The number of aryl methyl sites for hydroxylation is 2. The summed E-state index contributed by atoms with van der Waals surface area (Å²) >= 11 is 0. The normalized spacial score (nSPS) is 29.7. The van der Waals surface area contributed by atoms with Gasteiger partial charge in [0, 0.05) is 24.8 Å². The van der Waals surface area contributed by atoms with E-state index in [-0.39, 0.29) is 23.7 Å². The summed E-state index contributed by atoms with van der Waals surface area (Å²) < 4.78 is 1.84. The van der Waals surface area contributed by atoms with Crippen LogP contribution in [0.25, 0.3) is 0 Å². The van der Waals surface area contributed by atoms with Crippen LogP contribution in [0.1, 0.15) is 37.4 Å². The molecule has 1 heterocycles. The van der Waals surface area contributed by atoms with Crippen molar-refractivity contribution >= 4 is 11.9 Å². The summed E-state index contributed by atoms with van der Waals surface area (Å²) in [7, 11) is 0. The van der Waals surface area contributed by atoms with Gasteiger partial charge in [-0.3, -0.25) is 14.3 Å². The molecular formula is C16H23N3O3. The van der Waals surface area contributed by atoms with Crippen molar-refractivity contribution in [2.45, 2.75) is 46.2 Å². The minimum atomic E-state index is -0.817. The molecular weight excluding hydrogens is 282 g/mol. The lowest BCUT2D eigenvalue weighted by molar-refractivity contribution is -0.149. The van der Waals surface area contributed by atoms with Gasteiger partial charge in [0.1, 0.15) is 0 Å². The van der Waals surface area contributed by atoms with E-state index in [1.807, 2.05) is 24.7 Å². The first-order valence-corrected chi connectivity index (χ1v) is 8.04. The SMILES string of the molecule is CCn1cc(CNC(=O)[C@H]2[C@@H]3CC[C@@H](C3)[C@@H]2C(=O)O)c(C)n1. The molecule has 1 aromatic rings. The molecule has 22 heavy (non-hydrogen) atoms. The van der Waals surface area contributed by atoms with Gasteiger partial charge < -0.3 is 10.4 Å². The Morgan fingerprint density at radius 2 is 2.05 bits per heavy atom. The quantitative estimate of drug-likeness (QED) is 0.865. The Kier molecular flexibility index (Phi) is 3.93. The molecule has 2 N–H and O–H groups in total. The average molecular weight is 305 g/mol. The van der Waals surface area contributed by atoms with E-state index >= 15 is 0 Å². The van der Waals surface area contributed by atoms with Gasteiger partial charge >= 0.3 is 5.97 Å². The van der Waals surface area contributed by atoms with Gasteiger partial charge in [-0.1, -0.05) is 0 Å². The fourth-order valence-corrected chi connectivity index (χ4v) is 4.22. The van der Waals surface area contributed by atoms with Crippen molar-refractivity contribution in [1.82, 2.24) is 15.1 Å². The van der Waals surface area contributed by atoms with E-state index in [4.69, 9.17) is 0 Å². The molecule has 0 unspecified atom stereocenters. The number of amides is 1. The minimum absolute atomic E-state index is 0.108. The van der Waals surface area contributed by atoms with Gasteiger partial charge in [0.15, 0.2) is 0 Å². The summed E-state index contributed by atoms with van der Waals surface area (Å²) in [5.41, 5.74) is 1.90. The van der Waals surface area contributed by atoms with Gasteiger partial charge in [-0.05, 0) is 44.9 Å². The zero-order valence-corrected chi connectivity index (χ0v) is 13.1. The molecule has 2 saturated carbocycles. The van der Waals surface area contributed by atoms with Gasteiger partial charge in [0.2, 0.25) is 5.91 Å². The van der Waals surface area contributed by atoms with Crippen LogP contribution in [-0.4, -0.2) is 26.8 Å². The molecule has 2 bridgehead atoms. The molecule has 2 aliphatic rings. The van der Waals surface area contributed by atoms with Crippen molar-refractivity contribution in [2.24, 2.45) is 23.7 Å². The molecule has 1 aromatic heterocycles. The number of fused-ring (bicyclic) bond motifs is 2. The number of carboxylic acid groups (broad SMARTS) is 1. The van der Waals surface area contributed by atoms with Gasteiger partial charge in [-0.25, -0.2) is 0 Å². The maximum Gasteiger partial charge on any atom is 0.307 e. The fraction of sp³-hybridized carbons (Fsp3) is 0.688. The van der Waals surface area contributed by atoms with E-state index in [1.54, 1.807) is 0 Å². The predicted octanol–water partition coefficient (Wildman–Crippen LogP) is 1.57. The van der Waals surface area contributed by atoms with Crippen molar-refractivity contribution in [2.75, 3.05) is 0 Å². The molecule has 0 aromatic carbocycles. The number of aliphatic carboxylic acids is 1. The van der Waals surface area contributed by atoms with Crippen molar-refractivity contribution in [3.63, 3.8) is 0 Å². The monoisotopic (exact) mass is 305 g/mol. The Morgan fingerprint density at radius 3 is 2.64 bits per heavy atom. The first kappa shape index (κ1) is 15.1. The standard InChI is InChI=1S/C16H23N3O3/c1-3-19-8-12(9(2)18-19)7-17-15(20)13-10-4-5-11(6-10)14(13)16(21)22/h8,10-11,13-14H,3-7H2,1-2H3,(H,17,20)(H,21,22)/t10-,11+,13+,14+/m1/s1. The summed E-state index contributed by atoms with van der Waals surface area (Å²) in [4.78, 5) is 24.0. The van der Waals surface area contributed by atoms with Gasteiger partial charge in [0.05, 0.1) is 17.5 Å². The third-order valence-electron chi connectivity index (χ3n) is 5.33. The molecule has 0 radical (unpaired) electrons. The van der Waals surface area contributed by atoms with Crippen LogP contribution in [0.2, 0.25) is 0 Å². The molecule has 0 spiro atoms. The highest BCUT2D eigenvalue weighted by Crippen LogP contribution is 2.52. The first-order valence-electron chi connectivity index (χ1n) is 8.04. The van der Waals surface area contributed by atoms with E-state index in [1.165, 1.54) is 0 Å². The minimum Gasteiger partial charge on any atom is -0.481 e. The topological polar surface area (TPSA) is 84.2 Å². The second-order valence-corrected chi connectivity index (χ2v) is 6.54. The molecule has 6 nitrogen and oxygen atoms in total. The number of hydrogen-bond donors (Lipinski definition) is 2. The molecule has 2 fully saturated rings. The van der Waals surface area contributed by atoms with Crippen molar-refractivity contribution in [3.05, 3.63) is 17.5 Å². The maximum absolute atomic E-state index is 12.5. The lowest BCUT2D eigenvalue weighted by Crippen LogP contribution is -2.41. The number of nitrogens with zero attached hydrogens (tertiary/aromatic N) is 2. The second kappa shape index (κ2) is 5.74. The van der Waals surface area contributed by atoms with E-state index in [0.717, 1.165) is 37.1 Å². The highest BCUT2D eigenvalue weighted by Gasteiger charge is 2.53. The number of carboxylic acids is 1. The average Bonchev–Trinajstić information content (AvgIpc) is 3.18. The van der Waals surface area contributed by atoms with Crippen molar-refractivity contribution < 1.29 is 14.7 Å². The van der Waals surface area contributed by atoms with Crippen LogP contribution in [0, 0.1) is 30.6 Å². The summed E-state index contributed by atoms with van der Waals surface area (Å²) in [5, 5.41) is 16.7. The zero-order chi connectivity index (χ0) is 15.9. The molecule has 120 valence electrons. The fourth-order valence-electron chi connectivity index (χ4n) is 4.22. The highest BCUT2D eigenvalue weighted by atomic mass is 16.4. The Bertz CT molecular complexity index is 595. The van der Waals surface area contributed by atoms with Crippen LogP contribution in [0.4, 0.5) is 0 Å². The third kappa shape index (κ3) is 2.51. The Labute approximate surface area is 129 Å². The number of carbonyl (C=O) groups excluding carboxylic acids is 1. The van der Waals surface area contributed by atoms with Gasteiger partial charge in [-0.2, -0.15) is 5.10 Å². The lowest BCUT2D eigenvalue weighted by atomic mass is 9.78. The molecule has 2 aliphatic carbocycles. The summed E-state index contributed by atoms with van der Waals surface area (Å²) in [6, 6.07) is 0. The summed E-state index contributed by atoms with van der Waals surface area (Å²) in [6.45, 7) is 5.15. The maximum atomic E-state index is 12.5. The van der Waals surface area contributed by atoms with Crippen molar-refractivity contribution in [3.8, 4) is 0 Å². The molecule has 4 atom stereocenters. The van der Waals surface area contributed by atoms with E-state index < -0.39 is 11.9 Å². The summed E-state index contributed by atoms with van der Waals surface area (Å²) in [5.74, 6) is -1.37. The Morgan fingerprint density at radius 1 is 1.36 bits per heavy atom. The van der Waals surface area contributed by atoms with Crippen LogP contribution >= 0.6 is 0 Å². The van der Waals surface area contributed by atoms with Crippen LogP contribution in [0.15, 0.2) is 6.20 Å². The van der Waals surface area contributed by atoms with Crippen LogP contribution in [-0.2, 0) is 22.7 Å². The van der Waals surface area contributed by atoms with Gasteiger partial charge in [0.25, 0.3) is 0 Å². The van der Waals surface area contributed by atoms with E-state index in [9.17, 15) is 14.7 Å². The van der Waals surface area contributed by atoms with E-state index in [0.29, 0.717) is 6.54 Å². The molecule has 0 aliphatic heterocycles. The van der Waals surface area contributed by atoms with Crippen LogP contribution < -0.4 is 5.32 Å². The molecule has 3 rings (SSSR count). The zero-order valence-electron chi connectivity index (χ0n) is 13.1. The predicted molar refractivity (Wildman–Crippen MR) is 79.9 cm³/mol. The lowest BCUT2D eigenvalue weighted by Gasteiger charge is -2.27. The number of carbonyl (C=O) groups is 2. The largest absolute Gasteiger partial charge is 0.481 e. The second-order valence-electron chi connectivity index (χ2n) is 6.54. The number of hydrogen-bond acceptors (Lipinski definition) is 3. The highest BCUT2D eigenvalue weighted by molar-refractivity contribution is 5.86. The summed E-state index contributed by atoms with van der Waals surface area (Å²) in [6.07, 6.45) is 4.76. The number of nitrogens with one attached hydrogen (secondary N) is 1. The third-order valence-corrected chi connectivity index (χ3v) is 5.33. The molecule has 1 amide bonds. The van der Waals surface area contributed by atoms with Crippen LogP contribution in [0.5, 0.6) is 0 Å². The number of aromatic nitrogens is 2. The number of rotatable bonds is 5. The van der Waals surface area contributed by atoms with Crippen LogP contribution in [0.3, 0.4) is 0 Å². The van der Waals surface area contributed by atoms with Crippen molar-refractivity contribution in [1.29, 1.82) is 0 Å². The Balaban J connectivity index is 1.66. The van der Waals surface area contributed by atoms with E-state index in [2.05, 4.69) is 10.4 Å². The molecule has 6 heteroatoms.